The van der Waals surface area contributed by atoms with Gasteiger partial charge in [0.2, 0.25) is 0 Å². The highest BCUT2D eigenvalue weighted by atomic mass is 35.5. The fourth-order valence-corrected chi connectivity index (χ4v) is 2.43. The Morgan fingerprint density at radius 1 is 1.44 bits per heavy atom. The third kappa shape index (κ3) is 2.16. The van der Waals surface area contributed by atoms with E-state index in [4.69, 9.17) is 10.3 Å². The molecule has 4 heteroatoms. The van der Waals surface area contributed by atoms with E-state index in [-0.39, 0.29) is 19.9 Å². The highest BCUT2D eigenvalue weighted by Crippen LogP contribution is 2.32. The summed E-state index contributed by atoms with van der Waals surface area (Å²) in [6.45, 7) is 2.06. The first-order valence-electron chi connectivity index (χ1n) is 6.12. The standard InChI is InChI=1S/C14H16N2O.ClH/c1-2-11-8-14(16-17-11)10-3-5-12-9(7-10)4-6-13(12)15;/h3,5,7-8,13H,2,4,6,15H2,1H3;1H/t13-;/m1./s1. The van der Waals surface area contributed by atoms with Crippen molar-refractivity contribution in [3.63, 3.8) is 0 Å². The number of rotatable bonds is 2. The fraction of sp³-hybridized carbons (Fsp3) is 0.357. The lowest BCUT2D eigenvalue weighted by Gasteiger charge is -2.05. The maximum atomic E-state index is 6.03. The molecule has 2 aromatic rings. The van der Waals surface area contributed by atoms with Gasteiger partial charge >= 0.3 is 1.43 Å². The van der Waals surface area contributed by atoms with Gasteiger partial charge in [0, 0.05) is 24.1 Å². The average Bonchev–Trinajstić information content (AvgIpc) is 2.96. The van der Waals surface area contributed by atoms with E-state index >= 15 is 0 Å². The molecule has 2 N–H and O–H groups in total. The second-order valence-corrected chi connectivity index (χ2v) is 4.59. The molecule has 1 aliphatic carbocycles. The number of aryl methyl sites for hydroxylation is 2. The molecule has 0 fully saturated rings. The van der Waals surface area contributed by atoms with E-state index in [9.17, 15) is 0 Å². The third-order valence-electron chi connectivity index (χ3n) is 3.47. The van der Waals surface area contributed by atoms with Gasteiger partial charge in [-0.2, -0.15) is 0 Å². The van der Waals surface area contributed by atoms with Crippen molar-refractivity contribution in [3.05, 3.63) is 41.2 Å². The Hall–Kier alpha value is -1.32. The Bertz CT molecular complexity index is 556. The molecule has 1 atom stereocenters. The largest absolute Gasteiger partial charge is 1.00 e. The van der Waals surface area contributed by atoms with Crippen LogP contribution in [0.2, 0.25) is 0 Å². The van der Waals surface area contributed by atoms with Crippen LogP contribution in [0.25, 0.3) is 11.3 Å². The molecule has 0 unspecified atom stereocenters. The van der Waals surface area contributed by atoms with Crippen LogP contribution in [-0.4, -0.2) is 5.16 Å². The first-order chi connectivity index (χ1) is 8.28. The number of fused-ring (bicyclic) bond motifs is 1. The lowest BCUT2D eigenvalue weighted by atomic mass is 10.0. The molecule has 3 rings (SSSR count). The summed E-state index contributed by atoms with van der Waals surface area (Å²) in [5, 5.41) is 4.10. The smallest absolute Gasteiger partial charge is 1.00 e. The zero-order chi connectivity index (χ0) is 11.8. The summed E-state index contributed by atoms with van der Waals surface area (Å²) >= 11 is 0. The van der Waals surface area contributed by atoms with Crippen molar-refractivity contribution in [2.75, 3.05) is 0 Å². The molecule has 0 saturated heterocycles. The molecule has 0 amide bonds. The normalized spacial score (nSPS) is 17.3. The van der Waals surface area contributed by atoms with Gasteiger partial charge in [-0.15, -0.1) is 0 Å². The van der Waals surface area contributed by atoms with Crippen molar-refractivity contribution in [2.45, 2.75) is 32.2 Å². The quantitative estimate of drug-likeness (QED) is 0.829. The van der Waals surface area contributed by atoms with Crippen molar-refractivity contribution in [3.8, 4) is 11.3 Å². The minimum absolute atomic E-state index is 0. The van der Waals surface area contributed by atoms with Crippen LogP contribution in [0.4, 0.5) is 0 Å². The zero-order valence-corrected chi connectivity index (χ0v) is 11.1. The second-order valence-electron chi connectivity index (χ2n) is 4.59. The molecule has 1 aliphatic rings. The number of hydrogen-bond donors (Lipinski definition) is 1. The zero-order valence-electron chi connectivity index (χ0n) is 11.3. The molecule has 1 heterocycles. The Labute approximate surface area is 114 Å². The van der Waals surface area contributed by atoms with Gasteiger partial charge in [0.15, 0.2) is 0 Å². The van der Waals surface area contributed by atoms with Crippen molar-refractivity contribution >= 4 is 0 Å². The van der Waals surface area contributed by atoms with Gasteiger partial charge in [-0.05, 0) is 30.0 Å². The summed E-state index contributed by atoms with van der Waals surface area (Å²) in [6, 6.07) is 8.63. The Balaban J connectivity index is 0.000000902. The fourth-order valence-electron chi connectivity index (χ4n) is 2.43. The van der Waals surface area contributed by atoms with Gasteiger partial charge in [-0.25, -0.2) is 0 Å². The molecule has 96 valence electrons. The third-order valence-corrected chi connectivity index (χ3v) is 3.47. The molecular formula is C14H17ClN2O. The van der Waals surface area contributed by atoms with Crippen LogP contribution in [0.3, 0.4) is 0 Å². The number of aromatic nitrogens is 1. The topological polar surface area (TPSA) is 52.0 Å². The lowest BCUT2D eigenvalue weighted by Crippen LogP contribution is -3.00. The van der Waals surface area contributed by atoms with Gasteiger partial charge in [-0.3, -0.25) is 0 Å². The van der Waals surface area contributed by atoms with Crippen molar-refractivity contribution < 1.29 is 18.4 Å². The summed E-state index contributed by atoms with van der Waals surface area (Å²) < 4.78 is 5.23. The van der Waals surface area contributed by atoms with Crippen LogP contribution in [0.5, 0.6) is 0 Å². The molecule has 0 bridgehead atoms. The first-order valence-corrected chi connectivity index (χ1v) is 6.12. The van der Waals surface area contributed by atoms with E-state index < -0.39 is 0 Å². The summed E-state index contributed by atoms with van der Waals surface area (Å²) in [5.74, 6) is 0.928. The number of benzene rings is 1. The van der Waals surface area contributed by atoms with E-state index in [0.717, 1.165) is 36.3 Å². The monoisotopic (exact) mass is 264 g/mol. The Kier molecular flexibility index (Phi) is 3.73. The van der Waals surface area contributed by atoms with E-state index in [1.54, 1.807) is 0 Å². The molecule has 0 radical (unpaired) electrons. The number of halogens is 1. The minimum atomic E-state index is 0. The maximum absolute atomic E-state index is 6.03. The van der Waals surface area contributed by atoms with Gasteiger partial charge in [0.25, 0.3) is 0 Å². The van der Waals surface area contributed by atoms with E-state index in [2.05, 4.69) is 30.3 Å². The highest BCUT2D eigenvalue weighted by molar-refractivity contribution is 5.61. The summed E-state index contributed by atoms with van der Waals surface area (Å²) in [4.78, 5) is 0. The molecule has 0 aliphatic heterocycles. The molecule has 18 heavy (non-hydrogen) atoms. The number of nitrogens with two attached hydrogens (primary N) is 1. The van der Waals surface area contributed by atoms with Crippen molar-refractivity contribution in [1.29, 1.82) is 0 Å². The maximum Gasteiger partial charge on any atom is 1.00 e. The van der Waals surface area contributed by atoms with E-state index in [1.165, 1.54) is 11.1 Å². The SMILES string of the molecule is CCc1cc(-c2ccc3c(c2)CC[C@H]3N)no1.[Cl-].[H+]. The van der Waals surface area contributed by atoms with E-state index in [0.29, 0.717) is 0 Å². The first kappa shape index (κ1) is 13.1. The van der Waals surface area contributed by atoms with Crippen LogP contribution >= 0.6 is 0 Å². The van der Waals surface area contributed by atoms with Crippen molar-refractivity contribution in [2.24, 2.45) is 5.73 Å². The summed E-state index contributed by atoms with van der Waals surface area (Å²) in [5.41, 5.74) is 10.7. The number of hydrogen-bond acceptors (Lipinski definition) is 3. The predicted octanol–water partition coefficient (Wildman–Crippen LogP) is -0.0335. The molecule has 0 saturated carbocycles. The van der Waals surface area contributed by atoms with Crippen LogP contribution in [-0.2, 0) is 12.8 Å². The van der Waals surface area contributed by atoms with Crippen LogP contribution < -0.4 is 18.1 Å². The van der Waals surface area contributed by atoms with Crippen LogP contribution in [0.15, 0.2) is 28.8 Å². The van der Waals surface area contributed by atoms with E-state index in [1.807, 2.05) is 6.07 Å². The second kappa shape index (κ2) is 5.12. The molecular weight excluding hydrogens is 248 g/mol. The van der Waals surface area contributed by atoms with Gasteiger partial charge in [0.05, 0.1) is 0 Å². The molecule has 1 aromatic heterocycles. The Morgan fingerprint density at radius 2 is 2.28 bits per heavy atom. The van der Waals surface area contributed by atoms with Gasteiger partial charge in [-0.1, -0.05) is 24.2 Å². The molecule has 0 spiro atoms. The van der Waals surface area contributed by atoms with Gasteiger partial charge in [0.1, 0.15) is 11.5 Å². The Morgan fingerprint density at radius 3 is 3.00 bits per heavy atom. The van der Waals surface area contributed by atoms with Crippen LogP contribution in [0.1, 0.15) is 37.7 Å². The van der Waals surface area contributed by atoms with Crippen LogP contribution in [0, 0.1) is 0 Å². The van der Waals surface area contributed by atoms with Crippen molar-refractivity contribution in [1.82, 2.24) is 5.16 Å². The summed E-state index contributed by atoms with van der Waals surface area (Å²) in [7, 11) is 0. The number of nitrogens with zero attached hydrogens (tertiary/aromatic N) is 1. The minimum Gasteiger partial charge on any atom is -1.00 e. The molecule has 1 aromatic carbocycles. The van der Waals surface area contributed by atoms with Gasteiger partial charge < -0.3 is 22.7 Å². The lowest BCUT2D eigenvalue weighted by molar-refractivity contribution is -0.00000403. The molecule has 3 nitrogen and oxygen atoms in total. The predicted molar refractivity (Wildman–Crippen MR) is 67.7 cm³/mol. The average molecular weight is 265 g/mol. The summed E-state index contributed by atoms with van der Waals surface area (Å²) in [6.07, 6.45) is 3.00. The highest BCUT2D eigenvalue weighted by Gasteiger charge is 2.19.